The first kappa shape index (κ1) is 39.8. The van der Waals surface area contributed by atoms with Gasteiger partial charge in [-0.05, 0) is 0 Å². The summed E-state index contributed by atoms with van der Waals surface area (Å²) in [5, 5.41) is 0. The zero-order valence-electron chi connectivity index (χ0n) is 27.4. The van der Waals surface area contributed by atoms with Crippen molar-refractivity contribution >= 4 is 23.3 Å². The molecule has 0 aliphatic heterocycles. The summed E-state index contributed by atoms with van der Waals surface area (Å²) in [5.41, 5.74) is 6.02. The number of hydrogen-bond acceptors (Lipinski definition) is 2. The number of anilines is 2. The minimum Gasteiger partial charge on any atom is -1.00 e. The molecule has 0 saturated heterocycles. The van der Waals surface area contributed by atoms with Gasteiger partial charge in [0, 0.05) is 0 Å². The van der Waals surface area contributed by atoms with Crippen molar-refractivity contribution in [3.8, 4) is 0 Å². The molecular formula is C34H52Cl2Hf2N2Si2. The molecule has 4 rings (SSSR count). The predicted octanol–water partition coefficient (Wildman–Crippen LogP) is 3.52. The Morgan fingerprint density at radius 2 is 0.952 bits per heavy atom. The van der Waals surface area contributed by atoms with Crippen LogP contribution in [0, 0.1) is 0 Å². The quantitative estimate of drug-likeness (QED) is 0.397. The average Bonchev–Trinajstić information content (AvgIpc) is 3.60. The Balaban J connectivity index is 0.000000401. The smallest absolute Gasteiger partial charge is 1.00 e. The van der Waals surface area contributed by atoms with Crippen molar-refractivity contribution in [3.05, 3.63) is 103 Å². The molecule has 0 aromatic heterocycles. The molecule has 0 fully saturated rings. The Labute approximate surface area is 287 Å². The van der Waals surface area contributed by atoms with Gasteiger partial charge < -0.3 is 24.8 Å². The van der Waals surface area contributed by atoms with Gasteiger partial charge in [-0.3, -0.25) is 0 Å². The zero-order valence-corrected chi connectivity index (χ0v) is 38.4. The van der Waals surface area contributed by atoms with E-state index in [0.29, 0.717) is 0 Å². The van der Waals surface area contributed by atoms with Crippen molar-refractivity contribution in [2.75, 3.05) is 6.61 Å². The summed E-state index contributed by atoms with van der Waals surface area (Å²) in [5.74, 6) is -1.15. The Morgan fingerprint density at radius 1 is 0.595 bits per heavy atom. The van der Waals surface area contributed by atoms with E-state index in [9.17, 15) is 0 Å². The van der Waals surface area contributed by atoms with Gasteiger partial charge in [-0.25, -0.2) is 0 Å². The van der Waals surface area contributed by atoms with E-state index in [-0.39, 0.29) is 35.6 Å². The number of hydrogen-bond donors (Lipinski definition) is 2. The van der Waals surface area contributed by atoms with Gasteiger partial charge in [-0.2, -0.15) is 0 Å². The second-order valence-electron chi connectivity index (χ2n) is 13.7. The van der Waals surface area contributed by atoms with Crippen molar-refractivity contribution in [1.29, 1.82) is 0 Å². The number of halogens is 2. The van der Waals surface area contributed by atoms with Gasteiger partial charge in [0.1, 0.15) is 0 Å². The molecule has 0 spiro atoms. The summed E-state index contributed by atoms with van der Waals surface area (Å²) in [6.07, 6.45) is 16.3. The van der Waals surface area contributed by atoms with Crippen LogP contribution in [0.2, 0.25) is 26.2 Å². The SMILES string of the molecule is C[SiH](C)[Hf+]([NH]c1cccc(C(C)(C)C)c1)[C]1=CC=CC1.C[SiH](C)[Hf+]([NH]c1cccc(C(C)(C)C)c1)[C]1=CC=CC1.[Cl-].[Cl-]. The van der Waals surface area contributed by atoms with E-state index in [1.54, 1.807) is 6.66 Å². The Kier molecular flexibility index (Phi) is 17.1. The van der Waals surface area contributed by atoms with Crippen molar-refractivity contribution < 1.29 is 66.6 Å². The van der Waals surface area contributed by atoms with Gasteiger partial charge in [0.25, 0.3) is 0 Å². The average molecular weight is 973 g/mol. The fraction of sp³-hybridized carbons (Fsp3) is 0.412. The molecule has 2 nitrogen and oxygen atoms in total. The van der Waals surface area contributed by atoms with Crippen LogP contribution in [-0.2, 0) is 52.6 Å². The van der Waals surface area contributed by atoms with Crippen molar-refractivity contribution in [2.45, 2.75) is 91.4 Å². The van der Waals surface area contributed by atoms with Gasteiger partial charge in [0.2, 0.25) is 0 Å². The molecule has 2 aliphatic rings. The van der Waals surface area contributed by atoms with E-state index in [0.717, 1.165) is 0 Å². The van der Waals surface area contributed by atoms with Crippen LogP contribution in [-0.4, -0.2) is 12.0 Å². The van der Waals surface area contributed by atoms with Crippen LogP contribution in [0.15, 0.2) is 91.6 Å². The zero-order chi connectivity index (χ0) is 29.5. The van der Waals surface area contributed by atoms with Gasteiger partial charge in [0.15, 0.2) is 0 Å². The van der Waals surface area contributed by atoms with Crippen LogP contribution in [0.1, 0.15) is 65.5 Å². The first-order valence-electron chi connectivity index (χ1n) is 15.0. The summed E-state index contributed by atoms with van der Waals surface area (Å²) < 4.78 is 11.5. The third kappa shape index (κ3) is 12.3. The molecule has 0 amide bonds. The first-order chi connectivity index (χ1) is 18.8. The van der Waals surface area contributed by atoms with Gasteiger partial charge in [-0.15, -0.1) is 0 Å². The van der Waals surface area contributed by atoms with Gasteiger partial charge >= 0.3 is 266 Å². The van der Waals surface area contributed by atoms with Gasteiger partial charge in [-0.1, -0.05) is 0 Å². The fourth-order valence-corrected chi connectivity index (χ4v) is 44.3. The molecule has 2 aliphatic carbocycles. The molecule has 0 atom stereocenters. The minimum absolute atomic E-state index is 0. The van der Waals surface area contributed by atoms with E-state index in [1.165, 1.54) is 35.3 Å². The third-order valence-electron chi connectivity index (χ3n) is 7.40. The molecule has 0 radical (unpaired) electrons. The second-order valence-corrected chi connectivity index (χ2v) is 65.0. The largest absolute Gasteiger partial charge is 1.00 e. The van der Waals surface area contributed by atoms with Crippen molar-refractivity contribution in [2.24, 2.45) is 0 Å². The third-order valence-corrected chi connectivity index (χ3v) is 54.7. The van der Waals surface area contributed by atoms with E-state index >= 15 is 0 Å². The molecular weight excluding hydrogens is 920 g/mol. The van der Waals surface area contributed by atoms with Crippen LogP contribution >= 0.6 is 0 Å². The van der Waals surface area contributed by atoms with E-state index < -0.39 is 53.8 Å². The van der Waals surface area contributed by atoms with E-state index in [2.05, 4.69) is 159 Å². The first-order valence-corrected chi connectivity index (χ1v) is 40.4. The summed E-state index contributed by atoms with van der Waals surface area (Å²) in [6.45, 7) is 23.8. The van der Waals surface area contributed by atoms with Gasteiger partial charge in [0.05, 0.1) is 0 Å². The molecule has 0 unspecified atom stereocenters. The van der Waals surface area contributed by atoms with Crippen LogP contribution in [0.4, 0.5) is 11.4 Å². The maximum absolute atomic E-state index is 4.00. The van der Waals surface area contributed by atoms with Crippen LogP contribution in [0.3, 0.4) is 0 Å². The number of benzene rings is 2. The summed E-state index contributed by atoms with van der Waals surface area (Å²) in [4.78, 5) is 0. The maximum atomic E-state index is 4.00. The predicted molar refractivity (Wildman–Crippen MR) is 179 cm³/mol. The molecule has 0 bridgehead atoms. The Morgan fingerprint density at radius 3 is 1.21 bits per heavy atom. The van der Waals surface area contributed by atoms with Crippen LogP contribution < -0.4 is 31.4 Å². The Hall–Kier alpha value is -0.246. The normalized spacial score (nSPS) is 13.9. The molecule has 0 heterocycles. The van der Waals surface area contributed by atoms with Crippen LogP contribution in [0.25, 0.3) is 0 Å². The standard InChI is InChI=1S/2C10H14N.2C5H5.2C2H7Si.2ClH.2Hf/c2*1-10(2,3)8-5-4-6-9(11)7-8;2*1-2-4-5-3-1;2*1-3-2;;;;/h2*4-7,11H,1-3H3;2*1-3H,4H2;2*3H,1-2H3;2*1H;;/q2*-1;;;;;;;2*+2/p-2. The van der Waals surface area contributed by atoms with Crippen molar-refractivity contribution in [3.63, 3.8) is 0 Å². The maximum Gasteiger partial charge on any atom is -1.00 e. The molecule has 2 aromatic carbocycles. The monoisotopic (exact) mass is 974 g/mol. The molecule has 2 N–H and O–H groups in total. The fourth-order valence-electron chi connectivity index (χ4n) is 4.92. The van der Waals surface area contributed by atoms with E-state index in [4.69, 9.17) is 0 Å². The molecule has 0 saturated carbocycles. The van der Waals surface area contributed by atoms with Crippen LogP contribution in [0.5, 0.6) is 0 Å². The number of nitrogens with one attached hydrogen (secondary N) is 2. The molecule has 42 heavy (non-hydrogen) atoms. The number of allylic oxidation sites excluding steroid dienone is 8. The molecule has 2 aromatic rings. The van der Waals surface area contributed by atoms with E-state index in [1.807, 2.05) is 0 Å². The second kappa shape index (κ2) is 18.0. The molecule has 8 heteroatoms. The minimum atomic E-state index is -1.79. The summed E-state index contributed by atoms with van der Waals surface area (Å²) in [6, 6.07) is 18.1. The Bertz CT molecular complexity index is 1160. The summed E-state index contributed by atoms with van der Waals surface area (Å²) >= 11 is -3.58. The van der Waals surface area contributed by atoms with Crippen molar-refractivity contribution in [1.82, 2.24) is 0 Å². The summed E-state index contributed by atoms with van der Waals surface area (Å²) in [7, 11) is 0. The number of rotatable bonds is 8. The topological polar surface area (TPSA) is 24.1 Å². The molecule has 228 valence electrons.